The Labute approximate surface area is 75.2 Å². The highest BCUT2D eigenvalue weighted by atomic mass is 15.0. The summed E-state index contributed by atoms with van der Waals surface area (Å²) in [5, 5.41) is 15.1. The molecule has 12 heavy (non-hydrogen) atoms. The first-order chi connectivity index (χ1) is 5.83. The topological polar surface area (TPSA) is 47.9 Å². The molecule has 3 heteroatoms. The van der Waals surface area contributed by atoms with Gasteiger partial charge >= 0.3 is 0 Å². The van der Waals surface area contributed by atoms with Crippen molar-refractivity contribution < 1.29 is 0 Å². The Morgan fingerprint density at radius 2 is 1.83 bits per heavy atom. The Morgan fingerprint density at radius 1 is 1.33 bits per heavy atom. The molecule has 0 saturated carbocycles. The molecule has 0 spiro atoms. The SMILES string of the molecule is CC.CNC1(C#N)CCNCC1. The van der Waals surface area contributed by atoms with Crippen molar-refractivity contribution in [1.82, 2.24) is 10.6 Å². The van der Waals surface area contributed by atoms with Gasteiger partial charge in [0.15, 0.2) is 0 Å². The van der Waals surface area contributed by atoms with Crippen LogP contribution in [-0.4, -0.2) is 25.7 Å². The van der Waals surface area contributed by atoms with Crippen LogP contribution < -0.4 is 10.6 Å². The lowest BCUT2D eigenvalue weighted by Crippen LogP contribution is -2.49. The van der Waals surface area contributed by atoms with Gasteiger partial charge in [0.05, 0.1) is 6.07 Å². The first-order valence-electron chi connectivity index (χ1n) is 4.64. The smallest absolute Gasteiger partial charge is 0.108 e. The largest absolute Gasteiger partial charge is 0.317 e. The molecule has 0 aromatic rings. The van der Waals surface area contributed by atoms with Crippen molar-refractivity contribution in [3.05, 3.63) is 0 Å². The molecule has 0 aromatic heterocycles. The average Bonchev–Trinajstić information content (AvgIpc) is 2.22. The number of hydrogen-bond donors (Lipinski definition) is 2. The van der Waals surface area contributed by atoms with Gasteiger partial charge in [-0.3, -0.25) is 0 Å². The van der Waals surface area contributed by atoms with E-state index < -0.39 is 0 Å². The Hall–Kier alpha value is -0.590. The number of nitriles is 1. The van der Waals surface area contributed by atoms with Gasteiger partial charge in [-0.1, -0.05) is 13.8 Å². The molecule has 0 aromatic carbocycles. The summed E-state index contributed by atoms with van der Waals surface area (Å²) in [6.07, 6.45) is 1.83. The molecule has 1 aliphatic rings. The molecule has 0 bridgehead atoms. The molecule has 0 unspecified atom stereocenters. The van der Waals surface area contributed by atoms with E-state index in [4.69, 9.17) is 5.26 Å². The van der Waals surface area contributed by atoms with Gasteiger partial charge in [-0.2, -0.15) is 5.26 Å². The van der Waals surface area contributed by atoms with Crippen LogP contribution in [0.15, 0.2) is 0 Å². The van der Waals surface area contributed by atoms with E-state index in [1.807, 2.05) is 20.9 Å². The molecule has 1 aliphatic heterocycles. The van der Waals surface area contributed by atoms with Gasteiger partial charge in [-0.25, -0.2) is 0 Å². The average molecular weight is 169 g/mol. The van der Waals surface area contributed by atoms with Crippen molar-refractivity contribution in [2.45, 2.75) is 32.2 Å². The molecule has 0 amide bonds. The molecule has 1 rings (SSSR count). The third-order valence-corrected chi connectivity index (χ3v) is 2.15. The van der Waals surface area contributed by atoms with Crippen molar-refractivity contribution in [3.63, 3.8) is 0 Å². The Balaban J connectivity index is 0.000000561. The second-order valence-corrected chi connectivity index (χ2v) is 2.69. The van der Waals surface area contributed by atoms with E-state index in [2.05, 4.69) is 16.7 Å². The van der Waals surface area contributed by atoms with E-state index in [0.717, 1.165) is 25.9 Å². The number of piperidine rings is 1. The fourth-order valence-electron chi connectivity index (χ4n) is 1.27. The summed E-state index contributed by atoms with van der Waals surface area (Å²) in [4.78, 5) is 0. The highest BCUT2D eigenvalue weighted by Gasteiger charge is 2.29. The summed E-state index contributed by atoms with van der Waals surface area (Å²) in [6.45, 7) is 5.91. The lowest BCUT2D eigenvalue weighted by atomic mass is 9.90. The highest BCUT2D eigenvalue weighted by molar-refractivity contribution is 5.08. The van der Waals surface area contributed by atoms with Crippen molar-refractivity contribution in [1.29, 1.82) is 5.26 Å². The standard InChI is InChI=1S/C7H13N3.C2H6/c1-9-7(6-8)2-4-10-5-3-7;1-2/h9-10H,2-5H2,1H3;1-2H3. The Morgan fingerprint density at radius 3 is 2.08 bits per heavy atom. The molecule has 2 N–H and O–H groups in total. The lowest BCUT2D eigenvalue weighted by molar-refractivity contribution is 0.331. The van der Waals surface area contributed by atoms with Gasteiger partial charge in [0, 0.05) is 0 Å². The predicted octanol–water partition coefficient (Wildman–Crippen LogP) is 0.878. The fourth-order valence-corrected chi connectivity index (χ4v) is 1.27. The van der Waals surface area contributed by atoms with E-state index in [1.54, 1.807) is 0 Å². The van der Waals surface area contributed by atoms with E-state index in [0.29, 0.717) is 0 Å². The van der Waals surface area contributed by atoms with Crippen molar-refractivity contribution >= 4 is 0 Å². The van der Waals surface area contributed by atoms with E-state index >= 15 is 0 Å². The second-order valence-electron chi connectivity index (χ2n) is 2.69. The fraction of sp³-hybridized carbons (Fsp3) is 0.889. The van der Waals surface area contributed by atoms with Crippen molar-refractivity contribution in [2.75, 3.05) is 20.1 Å². The van der Waals surface area contributed by atoms with Crippen LogP contribution in [0, 0.1) is 11.3 Å². The van der Waals surface area contributed by atoms with Gasteiger partial charge in [-0.15, -0.1) is 0 Å². The number of rotatable bonds is 1. The van der Waals surface area contributed by atoms with Crippen LogP contribution in [0.4, 0.5) is 0 Å². The van der Waals surface area contributed by atoms with Gasteiger partial charge in [0.1, 0.15) is 5.54 Å². The monoisotopic (exact) mass is 169 g/mol. The van der Waals surface area contributed by atoms with Crippen LogP contribution in [0.2, 0.25) is 0 Å². The van der Waals surface area contributed by atoms with E-state index in [-0.39, 0.29) is 5.54 Å². The van der Waals surface area contributed by atoms with Crippen LogP contribution >= 0.6 is 0 Å². The summed E-state index contributed by atoms with van der Waals surface area (Å²) < 4.78 is 0. The Bertz CT molecular complexity index is 142. The molecular formula is C9H19N3. The van der Waals surface area contributed by atoms with Crippen LogP contribution in [0.5, 0.6) is 0 Å². The summed E-state index contributed by atoms with van der Waals surface area (Å²) in [7, 11) is 1.86. The van der Waals surface area contributed by atoms with Crippen LogP contribution in [-0.2, 0) is 0 Å². The molecule has 0 aliphatic carbocycles. The summed E-state index contributed by atoms with van der Waals surface area (Å²) in [5.41, 5.74) is -0.245. The first-order valence-corrected chi connectivity index (χ1v) is 4.64. The summed E-state index contributed by atoms with van der Waals surface area (Å²) in [5.74, 6) is 0. The number of hydrogen-bond acceptors (Lipinski definition) is 3. The zero-order valence-electron chi connectivity index (χ0n) is 8.28. The van der Waals surface area contributed by atoms with Crippen LogP contribution in [0.3, 0.4) is 0 Å². The molecule has 1 saturated heterocycles. The number of nitrogens with zero attached hydrogens (tertiary/aromatic N) is 1. The van der Waals surface area contributed by atoms with Gasteiger partial charge in [-0.05, 0) is 33.0 Å². The van der Waals surface area contributed by atoms with Crippen LogP contribution in [0.25, 0.3) is 0 Å². The summed E-state index contributed by atoms with van der Waals surface area (Å²) >= 11 is 0. The zero-order valence-corrected chi connectivity index (χ0v) is 8.28. The molecule has 0 radical (unpaired) electrons. The van der Waals surface area contributed by atoms with Crippen molar-refractivity contribution in [2.24, 2.45) is 0 Å². The third kappa shape index (κ3) is 2.80. The lowest BCUT2D eigenvalue weighted by Gasteiger charge is -2.30. The molecule has 1 fully saturated rings. The highest BCUT2D eigenvalue weighted by Crippen LogP contribution is 2.15. The second kappa shape index (κ2) is 5.99. The quantitative estimate of drug-likeness (QED) is 0.612. The minimum absolute atomic E-state index is 0.245. The molecule has 0 atom stereocenters. The Kier molecular flexibility index (Phi) is 5.69. The molecule has 3 nitrogen and oxygen atoms in total. The van der Waals surface area contributed by atoms with E-state index in [1.165, 1.54) is 0 Å². The maximum Gasteiger partial charge on any atom is 0.108 e. The minimum atomic E-state index is -0.245. The molecule has 70 valence electrons. The van der Waals surface area contributed by atoms with E-state index in [9.17, 15) is 0 Å². The summed E-state index contributed by atoms with van der Waals surface area (Å²) in [6, 6.07) is 2.32. The van der Waals surface area contributed by atoms with Gasteiger partial charge in [0.2, 0.25) is 0 Å². The zero-order chi connectivity index (χ0) is 9.45. The normalized spacial score (nSPS) is 20.2. The third-order valence-electron chi connectivity index (χ3n) is 2.15. The van der Waals surface area contributed by atoms with Crippen molar-refractivity contribution in [3.8, 4) is 6.07 Å². The molecule has 1 heterocycles. The predicted molar refractivity (Wildman–Crippen MR) is 50.9 cm³/mol. The maximum absolute atomic E-state index is 8.80. The number of nitrogens with one attached hydrogen (secondary N) is 2. The minimum Gasteiger partial charge on any atom is -0.317 e. The van der Waals surface area contributed by atoms with Gasteiger partial charge in [0.25, 0.3) is 0 Å². The maximum atomic E-state index is 8.80. The van der Waals surface area contributed by atoms with Gasteiger partial charge < -0.3 is 10.6 Å². The van der Waals surface area contributed by atoms with Crippen LogP contribution in [0.1, 0.15) is 26.7 Å². The first kappa shape index (κ1) is 11.4. The molecular weight excluding hydrogens is 150 g/mol.